The van der Waals surface area contributed by atoms with Crippen molar-refractivity contribution >= 4 is 11.6 Å². The van der Waals surface area contributed by atoms with E-state index < -0.39 is 0 Å². The summed E-state index contributed by atoms with van der Waals surface area (Å²) in [6.07, 6.45) is 2.02. The van der Waals surface area contributed by atoms with Gasteiger partial charge in [0, 0.05) is 19.8 Å². The second-order valence-electron chi connectivity index (χ2n) is 4.63. The molecule has 1 saturated heterocycles. The fourth-order valence-corrected chi connectivity index (χ4v) is 2.23. The first-order chi connectivity index (χ1) is 9.34. The van der Waals surface area contributed by atoms with Gasteiger partial charge in [0.2, 0.25) is 0 Å². The van der Waals surface area contributed by atoms with Crippen molar-refractivity contribution in [1.29, 1.82) is 0 Å². The Morgan fingerprint density at radius 2 is 2.47 bits per heavy atom. The zero-order valence-corrected chi connectivity index (χ0v) is 10.5. The topological polar surface area (TPSA) is 81.4 Å². The minimum absolute atomic E-state index is 0.156. The molecule has 2 aromatic rings. The first kappa shape index (κ1) is 12.0. The minimum atomic E-state index is -0.156. The summed E-state index contributed by atoms with van der Waals surface area (Å²) in [5, 5.41) is 14.1. The van der Waals surface area contributed by atoms with Gasteiger partial charge in [-0.25, -0.2) is 0 Å². The number of nitrogens with one attached hydrogen (secondary N) is 1. The Morgan fingerprint density at radius 1 is 1.53 bits per heavy atom. The Morgan fingerprint density at radius 3 is 3.32 bits per heavy atom. The molecule has 1 atom stereocenters. The molecule has 1 aliphatic heterocycles. The van der Waals surface area contributed by atoms with Gasteiger partial charge in [-0.2, -0.15) is 4.52 Å². The van der Waals surface area contributed by atoms with E-state index in [1.807, 2.05) is 0 Å². The number of rotatable bonds is 4. The summed E-state index contributed by atoms with van der Waals surface area (Å²) in [5.74, 6) is 0.404. The Hall–Kier alpha value is -2.02. The third-order valence-electron chi connectivity index (χ3n) is 3.32. The Balaban J connectivity index is 1.62. The molecule has 100 valence electrons. The molecule has 0 saturated carbocycles. The highest BCUT2D eigenvalue weighted by atomic mass is 16.5. The molecular formula is C12H15N5O2. The van der Waals surface area contributed by atoms with E-state index >= 15 is 0 Å². The van der Waals surface area contributed by atoms with Crippen molar-refractivity contribution in [3.05, 3.63) is 23.9 Å². The van der Waals surface area contributed by atoms with Crippen molar-refractivity contribution < 1.29 is 9.53 Å². The molecule has 3 heterocycles. The lowest BCUT2D eigenvalue weighted by molar-refractivity contribution is 0.0943. The number of amides is 1. The first-order valence-corrected chi connectivity index (χ1v) is 6.37. The van der Waals surface area contributed by atoms with E-state index in [4.69, 9.17) is 4.74 Å². The summed E-state index contributed by atoms with van der Waals surface area (Å²) in [6.45, 7) is 2.28. The van der Waals surface area contributed by atoms with Gasteiger partial charge in [0.15, 0.2) is 5.65 Å². The van der Waals surface area contributed by atoms with Gasteiger partial charge in [0.1, 0.15) is 5.69 Å². The zero-order chi connectivity index (χ0) is 13.1. The van der Waals surface area contributed by atoms with E-state index in [2.05, 4.69) is 20.8 Å². The number of pyridine rings is 1. The SMILES string of the molecule is O=C(NCC[C@@H]1CCOC1)c1cccc2nnnn12. The van der Waals surface area contributed by atoms with Gasteiger partial charge in [0.05, 0.1) is 0 Å². The highest BCUT2D eigenvalue weighted by molar-refractivity contribution is 5.92. The molecule has 0 bridgehead atoms. The van der Waals surface area contributed by atoms with Gasteiger partial charge >= 0.3 is 0 Å². The summed E-state index contributed by atoms with van der Waals surface area (Å²) in [5.41, 5.74) is 1.02. The van der Waals surface area contributed by atoms with E-state index in [0.717, 1.165) is 26.1 Å². The second-order valence-corrected chi connectivity index (χ2v) is 4.63. The number of nitrogens with zero attached hydrogens (tertiary/aromatic N) is 4. The van der Waals surface area contributed by atoms with Gasteiger partial charge in [-0.1, -0.05) is 6.07 Å². The van der Waals surface area contributed by atoms with E-state index in [1.165, 1.54) is 4.52 Å². The number of hydrogen-bond donors (Lipinski definition) is 1. The highest BCUT2D eigenvalue weighted by Crippen LogP contribution is 2.15. The van der Waals surface area contributed by atoms with E-state index in [0.29, 0.717) is 23.8 Å². The summed E-state index contributed by atoms with van der Waals surface area (Å²) in [4.78, 5) is 12.1. The van der Waals surface area contributed by atoms with Crippen LogP contribution in [0.3, 0.4) is 0 Å². The van der Waals surface area contributed by atoms with Crippen molar-refractivity contribution in [3.63, 3.8) is 0 Å². The molecule has 7 nitrogen and oxygen atoms in total. The van der Waals surface area contributed by atoms with E-state index in [9.17, 15) is 4.79 Å². The predicted octanol–water partition coefficient (Wildman–Crippen LogP) is 0.281. The van der Waals surface area contributed by atoms with Gasteiger partial charge in [-0.15, -0.1) is 5.10 Å². The third-order valence-corrected chi connectivity index (χ3v) is 3.32. The number of carbonyl (C=O) groups is 1. The highest BCUT2D eigenvalue weighted by Gasteiger charge is 2.16. The van der Waals surface area contributed by atoms with Crippen LogP contribution in [0.2, 0.25) is 0 Å². The average molecular weight is 261 g/mol. The van der Waals surface area contributed by atoms with E-state index in [-0.39, 0.29) is 5.91 Å². The minimum Gasteiger partial charge on any atom is -0.381 e. The normalized spacial score (nSPS) is 18.8. The molecular weight excluding hydrogens is 246 g/mol. The maximum absolute atomic E-state index is 12.1. The number of carbonyl (C=O) groups excluding carboxylic acids is 1. The van der Waals surface area contributed by atoms with Crippen LogP contribution < -0.4 is 5.32 Å². The van der Waals surface area contributed by atoms with Gasteiger partial charge in [0.25, 0.3) is 5.91 Å². The molecule has 19 heavy (non-hydrogen) atoms. The Bertz CT molecular complexity index is 576. The maximum atomic E-state index is 12.1. The average Bonchev–Trinajstić information content (AvgIpc) is 3.08. The van der Waals surface area contributed by atoms with Crippen molar-refractivity contribution in [3.8, 4) is 0 Å². The van der Waals surface area contributed by atoms with Crippen LogP contribution >= 0.6 is 0 Å². The number of aromatic nitrogens is 4. The molecule has 0 aliphatic carbocycles. The number of tetrazole rings is 1. The molecule has 1 fully saturated rings. The van der Waals surface area contributed by atoms with Crippen LogP contribution in [-0.2, 0) is 4.74 Å². The van der Waals surface area contributed by atoms with Crippen LogP contribution in [-0.4, -0.2) is 45.7 Å². The third kappa shape index (κ3) is 2.55. The largest absolute Gasteiger partial charge is 0.381 e. The van der Waals surface area contributed by atoms with Crippen molar-refractivity contribution in [2.45, 2.75) is 12.8 Å². The molecule has 1 amide bonds. The predicted molar refractivity (Wildman–Crippen MR) is 66.7 cm³/mol. The quantitative estimate of drug-likeness (QED) is 0.855. The van der Waals surface area contributed by atoms with Crippen molar-refractivity contribution in [1.82, 2.24) is 25.4 Å². The zero-order valence-electron chi connectivity index (χ0n) is 10.5. The summed E-state index contributed by atoms with van der Waals surface area (Å²) < 4.78 is 6.74. The molecule has 2 aromatic heterocycles. The second kappa shape index (κ2) is 5.31. The smallest absolute Gasteiger partial charge is 0.270 e. The molecule has 3 rings (SSSR count). The van der Waals surface area contributed by atoms with Crippen LogP contribution in [0.25, 0.3) is 5.65 Å². The molecule has 0 radical (unpaired) electrons. The number of hydrogen-bond acceptors (Lipinski definition) is 5. The van der Waals surface area contributed by atoms with Gasteiger partial charge < -0.3 is 10.1 Å². The van der Waals surface area contributed by atoms with Crippen LogP contribution in [0.1, 0.15) is 23.3 Å². The summed E-state index contributed by atoms with van der Waals surface area (Å²) in [7, 11) is 0. The molecule has 1 aliphatic rings. The number of fused-ring (bicyclic) bond motifs is 1. The lowest BCUT2D eigenvalue weighted by Gasteiger charge is -2.09. The summed E-state index contributed by atoms with van der Waals surface area (Å²) in [6, 6.07) is 5.23. The van der Waals surface area contributed by atoms with Crippen molar-refractivity contribution in [2.24, 2.45) is 5.92 Å². The number of ether oxygens (including phenoxy) is 1. The van der Waals surface area contributed by atoms with E-state index in [1.54, 1.807) is 18.2 Å². The van der Waals surface area contributed by atoms with Crippen molar-refractivity contribution in [2.75, 3.05) is 19.8 Å². The van der Waals surface area contributed by atoms with Gasteiger partial charge in [-0.05, 0) is 41.3 Å². The molecule has 1 N–H and O–H groups in total. The molecule has 7 heteroatoms. The summed E-state index contributed by atoms with van der Waals surface area (Å²) >= 11 is 0. The van der Waals surface area contributed by atoms with Crippen LogP contribution in [0.15, 0.2) is 18.2 Å². The lowest BCUT2D eigenvalue weighted by Crippen LogP contribution is -2.28. The monoisotopic (exact) mass is 261 g/mol. The Labute approximate surface area is 109 Å². The van der Waals surface area contributed by atoms with Crippen LogP contribution in [0, 0.1) is 5.92 Å². The fourth-order valence-electron chi connectivity index (χ4n) is 2.23. The van der Waals surface area contributed by atoms with Gasteiger partial charge in [-0.3, -0.25) is 4.79 Å². The standard InChI is InChI=1S/C12H15N5O2/c18-12(13-6-4-9-5-7-19-8-9)10-2-1-3-11-14-15-16-17(10)11/h1-3,9H,4-8H2,(H,13,18)/t9-/m1/s1. The molecule has 0 aromatic carbocycles. The first-order valence-electron chi connectivity index (χ1n) is 6.37. The molecule has 0 unspecified atom stereocenters. The Kier molecular flexibility index (Phi) is 3.37. The molecule has 0 spiro atoms. The maximum Gasteiger partial charge on any atom is 0.270 e. The van der Waals surface area contributed by atoms with Crippen LogP contribution in [0.4, 0.5) is 0 Å². The lowest BCUT2D eigenvalue weighted by atomic mass is 10.1. The van der Waals surface area contributed by atoms with Crippen LogP contribution in [0.5, 0.6) is 0 Å². The fraction of sp³-hybridized carbons (Fsp3) is 0.500.